The van der Waals surface area contributed by atoms with Gasteiger partial charge in [0, 0.05) is 25.2 Å². The van der Waals surface area contributed by atoms with Gasteiger partial charge in [-0.05, 0) is 38.5 Å². The second kappa shape index (κ2) is 9.76. The highest BCUT2D eigenvalue weighted by Crippen LogP contribution is 2.25. The van der Waals surface area contributed by atoms with Crippen molar-refractivity contribution in [2.24, 2.45) is 11.7 Å². The summed E-state index contributed by atoms with van der Waals surface area (Å²) in [6, 6.07) is 0.938. The van der Waals surface area contributed by atoms with Gasteiger partial charge in [-0.1, -0.05) is 32.1 Å². The fourth-order valence-electron chi connectivity index (χ4n) is 3.13. The van der Waals surface area contributed by atoms with Crippen LogP contribution in [0.25, 0.3) is 0 Å². The molecule has 0 aromatic rings. The normalized spacial score (nSPS) is 22.2. The van der Waals surface area contributed by atoms with Crippen molar-refractivity contribution in [3.05, 3.63) is 0 Å². The minimum Gasteiger partial charge on any atom is -0.396 e. The minimum atomic E-state index is 0.294. The van der Waals surface area contributed by atoms with Crippen LogP contribution in [-0.2, 0) is 0 Å². The Morgan fingerprint density at radius 2 is 1.78 bits per heavy atom. The van der Waals surface area contributed by atoms with E-state index >= 15 is 0 Å². The Morgan fingerprint density at radius 3 is 2.33 bits per heavy atom. The third-order valence-corrected chi connectivity index (χ3v) is 4.27. The Balaban J connectivity index is 2.36. The minimum absolute atomic E-state index is 0.294. The molecule has 0 bridgehead atoms. The zero-order valence-electron chi connectivity index (χ0n) is 12.0. The van der Waals surface area contributed by atoms with Crippen molar-refractivity contribution in [3.8, 4) is 0 Å². The average molecular weight is 256 g/mol. The highest BCUT2D eigenvalue weighted by atomic mass is 16.2. The maximum absolute atomic E-state index is 8.87. The van der Waals surface area contributed by atoms with Crippen LogP contribution in [0.5, 0.6) is 0 Å². The summed E-state index contributed by atoms with van der Waals surface area (Å²) in [5.74, 6) is 0.756. The zero-order chi connectivity index (χ0) is 13.2. The number of nitrogens with one attached hydrogen (secondary N) is 1. The molecular formula is C15H32N2O. The molecule has 108 valence electrons. The van der Waals surface area contributed by atoms with E-state index in [-0.39, 0.29) is 0 Å². The fourth-order valence-corrected chi connectivity index (χ4v) is 3.13. The molecule has 1 aliphatic rings. The molecule has 0 heterocycles. The largest absolute Gasteiger partial charge is 0.396 e. The lowest BCUT2D eigenvalue weighted by Crippen LogP contribution is -2.46. The summed E-state index contributed by atoms with van der Waals surface area (Å²) in [6.45, 7) is 3.25. The lowest BCUT2D eigenvalue weighted by atomic mass is 9.85. The van der Waals surface area contributed by atoms with Gasteiger partial charge in [-0.15, -0.1) is 0 Å². The van der Waals surface area contributed by atoms with Gasteiger partial charge in [0.15, 0.2) is 0 Å². The summed E-state index contributed by atoms with van der Waals surface area (Å²) in [4.78, 5) is 0. The molecule has 0 saturated heterocycles. The van der Waals surface area contributed by atoms with Gasteiger partial charge < -0.3 is 16.2 Å². The van der Waals surface area contributed by atoms with Crippen LogP contribution < -0.4 is 11.1 Å². The second-order valence-corrected chi connectivity index (χ2v) is 5.88. The monoisotopic (exact) mass is 256 g/mol. The van der Waals surface area contributed by atoms with E-state index in [0.29, 0.717) is 18.7 Å². The lowest BCUT2D eigenvalue weighted by molar-refractivity contribution is 0.249. The van der Waals surface area contributed by atoms with Crippen LogP contribution in [-0.4, -0.2) is 30.3 Å². The molecule has 2 atom stereocenters. The smallest absolute Gasteiger partial charge is 0.0431 e. The van der Waals surface area contributed by atoms with Crippen molar-refractivity contribution in [2.45, 2.75) is 76.8 Å². The first-order valence-corrected chi connectivity index (χ1v) is 7.85. The molecule has 1 aliphatic carbocycles. The van der Waals surface area contributed by atoms with Gasteiger partial charge in [0.25, 0.3) is 0 Å². The quantitative estimate of drug-likeness (QED) is 0.655. The first kappa shape index (κ1) is 15.9. The fraction of sp³-hybridized carbons (Fsp3) is 1.00. The van der Waals surface area contributed by atoms with Crippen LogP contribution in [0, 0.1) is 5.92 Å². The number of aliphatic hydroxyl groups excluding tert-OH is 1. The van der Waals surface area contributed by atoms with E-state index in [0.717, 1.165) is 25.3 Å². The van der Waals surface area contributed by atoms with Crippen LogP contribution in [0.4, 0.5) is 0 Å². The van der Waals surface area contributed by atoms with E-state index < -0.39 is 0 Å². The predicted octanol–water partition coefficient (Wildman–Crippen LogP) is 2.42. The maximum atomic E-state index is 8.87. The Morgan fingerprint density at radius 1 is 1.17 bits per heavy atom. The third kappa shape index (κ3) is 6.17. The second-order valence-electron chi connectivity index (χ2n) is 5.88. The van der Waals surface area contributed by atoms with Crippen molar-refractivity contribution < 1.29 is 5.11 Å². The number of hydrogen-bond acceptors (Lipinski definition) is 3. The van der Waals surface area contributed by atoms with E-state index in [4.69, 9.17) is 10.8 Å². The van der Waals surface area contributed by atoms with E-state index in [1.807, 2.05) is 0 Å². The molecule has 1 saturated carbocycles. The highest BCUT2D eigenvalue weighted by Gasteiger charge is 2.22. The summed E-state index contributed by atoms with van der Waals surface area (Å²) < 4.78 is 0. The number of aliphatic hydroxyl groups is 1. The Bertz CT molecular complexity index is 191. The number of rotatable bonds is 7. The van der Waals surface area contributed by atoms with Gasteiger partial charge >= 0.3 is 0 Å². The van der Waals surface area contributed by atoms with E-state index in [1.54, 1.807) is 0 Å². The summed E-state index contributed by atoms with van der Waals surface area (Å²) in [5, 5.41) is 12.6. The van der Waals surface area contributed by atoms with Crippen molar-refractivity contribution in [3.63, 3.8) is 0 Å². The van der Waals surface area contributed by atoms with Crippen LogP contribution in [0.15, 0.2) is 0 Å². The first-order valence-electron chi connectivity index (χ1n) is 7.85. The molecule has 0 aliphatic heterocycles. The summed E-state index contributed by atoms with van der Waals surface area (Å²) in [7, 11) is 0. The molecule has 0 aromatic carbocycles. The van der Waals surface area contributed by atoms with Crippen molar-refractivity contribution >= 4 is 0 Å². The molecule has 0 aromatic heterocycles. The summed E-state index contributed by atoms with van der Waals surface area (Å²) in [5.41, 5.74) is 5.96. The molecular weight excluding hydrogens is 224 g/mol. The number of nitrogens with two attached hydrogens (primary N) is 1. The molecule has 3 heteroatoms. The Hall–Kier alpha value is -0.120. The molecule has 3 nitrogen and oxygen atoms in total. The molecule has 0 amide bonds. The lowest BCUT2D eigenvalue weighted by Gasteiger charge is -2.31. The standard InChI is InChI=1S/C15H32N2O/c1-13(8-7-11-18)17-15(12-16)14-9-5-3-2-4-6-10-14/h13-15,17-18H,2-12,16H2,1H3. The van der Waals surface area contributed by atoms with Gasteiger partial charge in [0.05, 0.1) is 0 Å². The van der Waals surface area contributed by atoms with Crippen LogP contribution in [0.1, 0.15) is 64.7 Å². The van der Waals surface area contributed by atoms with Gasteiger partial charge in [-0.2, -0.15) is 0 Å². The molecule has 4 N–H and O–H groups in total. The Kier molecular flexibility index (Phi) is 8.64. The van der Waals surface area contributed by atoms with Gasteiger partial charge in [0.1, 0.15) is 0 Å². The molecule has 1 rings (SSSR count). The van der Waals surface area contributed by atoms with Crippen molar-refractivity contribution in [2.75, 3.05) is 13.2 Å². The summed E-state index contributed by atoms with van der Waals surface area (Å²) >= 11 is 0. The molecule has 1 fully saturated rings. The molecule has 0 spiro atoms. The third-order valence-electron chi connectivity index (χ3n) is 4.27. The average Bonchev–Trinajstić information content (AvgIpc) is 2.34. The van der Waals surface area contributed by atoms with Gasteiger partial charge in [0.2, 0.25) is 0 Å². The highest BCUT2D eigenvalue weighted by molar-refractivity contribution is 4.81. The molecule has 0 radical (unpaired) electrons. The number of hydrogen-bond donors (Lipinski definition) is 3. The summed E-state index contributed by atoms with van der Waals surface area (Å²) in [6.07, 6.45) is 11.5. The van der Waals surface area contributed by atoms with Crippen LogP contribution >= 0.6 is 0 Å². The first-order chi connectivity index (χ1) is 8.77. The topological polar surface area (TPSA) is 58.3 Å². The SMILES string of the molecule is CC(CCCO)NC(CN)C1CCCCCCC1. The van der Waals surface area contributed by atoms with E-state index in [9.17, 15) is 0 Å². The van der Waals surface area contributed by atoms with Crippen molar-refractivity contribution in [1.82, 2.24) is 5.32 Å². The zero-order valence-corrected chi connectivity index (χ0v) is 12.0. The molecule has 2 unspecified atom stereocenters. The Labute approximate surface area is 113 Å². The molecule has 18 heavy (non-hydrogen) atoms. The van der Waals surface area contributed by atoms with Crippen LogP contribution in [0.2, 0.25) is 0 Å². The maximum Gasteiger partial charge on any atom is 0.0431 e. The van der Waals surface area contributed by atoms with Gasteiger partial charge in [-0.3, -0.25) is 0 Å². The van der Waals surface area contributed by atoms with Gasteiger partial charge in [-0.25, -0.2) is 0 Å². The van der Waals surface area contributed by atoms with E-state index in [1.165, 1.54) is 44.9 Å². The van der Waals surface area contributed by atoms with Crippen LogP contribution in [0.3, 0.4) is 0 Å². The predicted molar refractivity (Wildman–Crippen MR) is 77.6 cm³/mol. The van der Waals surface area contributed by atoms with E-state index in [2.05, 4.69) is 12.2 Å². The van der Waals surface area contributed by atoms with Crippen molar-refractivity contribution in [1.29, 1.82) is 0 Å².